The van der Waals surface area contributed by atoms with Crippen LogP contribution < -0.4 is 5.43 Å². The molecule has 20 heavy (non-hydrogen) atoms. The van der Waals surface area contributed by atoms with Gasteiger partial charge in [0.15, 0.2) is 0 Å². The molecule has 0 aliphatic heterocycles. The van der Waals surface area contributed by atoms with E-state index >= 15 is 0 Å². The second kappa shape index (κ2) is 5.88. The average molecular weight is 270 g/mol. The summed E-state index contributed by atoms with van der Waals surface area (Å²) in [6.45, 7) is 1.91. The monoisotopic (exact) mass is 270 g/mol. The third kappa shape index (κ3) is 3.14. The lowest BCUT2D eigenvalue weighted by Gasteiger charge is -2.04. The Balaban J connectivity index is 2.18. The number of hydrogen-bond acceptors (Lipinski definition) is 4. The van der Waals surface area contributed by atoms with Gasteiger partial charge >= 0.3 is 5.97 Å². The number of para-hydroxylation sites is 1. The van der Waals surface area contributed by atoms with E-state index in [9.17, 15) is 9.90 Å². The van der Waals surface area contributed by atoms with Crippen LogP contribution in [0.25, 0.3) is 0 Å². The SMILES string of the molecule is Cc1ccc(O)c(C=NNc2ccccc2C(=O)O)c1. The molecule has 102 valence electrons. The number of carboxylic acids is 1. The van der Waals surface area contributed by atoms with Crippen LogP contribution in [0.4, 0.5) is 5.69 Å². The summed E-state index contributed by atoms with van der Waals surface area (Å²) in [4.78, 5) is 11.0. The first-order chi connectivity index (χ1) is 9.58. The van der Waals surface area contributed by atoms with Gasteiger partial charge in [-0.25, -0.2) is 4.79 Å². The van der Waals surface area contributed by atoms with E-state index in [0.29, 0.717) is 11.3 Å². The van der Waals surface area contributed by atoms with E-state index < -0.39 is 5.97 Å². The second-order valence-corrected chi connectivity index (χ2v) is 4.28. The van der Waals surface area contributed by atoms with Crippen molar-refractivity contribution >= 4 is 17.9 Å². The lowest BCUT2D eigenvalue weighted by molar-refractivity contribution is 0.0698. The number of carboxylic acid groups (broad SMARTS) is 1. The van der Waals surface area contributed by atoms with Gasteiger partial charge in [-0.2, -0.15) is 5.10 Å². The van der Waals surface area contributed by atoms with Crippen LogP contribution in [-0.4, -0.2) is 22.4 Å². The summed E-state index contributed by atoms with van der Waals surface area (Å²) in [6, 6.07) is 11.6. The van der Waals surface area contributed by atoms with Crippen molar-refractivity contribution in [2.24, 2.45) is 5.10 Å². The Morgan fingerprint density at radius 3 is 2.75 bits per heavy atom. The number of aromatic hydroxyl groups is 1. The average Bonchev–Trinajstić information content (AvgIpc) is 2.43. The third-order valence-electron chi connectivity index (χ3n) is 2.73. The summed E-state index contributed by atoms with van der Waals surface area (Å²) >= 11 is 0. The first-order valence-electron chi connectivity index (χ1n) is 5.99. The molecule has 0 atom stereocenters. The fraction of sp³-hybridized carbons (Fsp3) is 0.0667. The highest BCUT2D eigenvalue weighted by Gasteiger charge is 2.07. The summed E-state index contributed by atoms with van der Waals surface area (Å²) in [6.07, 6.45) is 1.45. The van der Waals surface area contributed by atoms with E-state index in [1.54, 1.807) is 36.4 Å². The van der Waals surface area contributed by atoms with E-state index in [4.69, 9.17) is 5.11 Å². The van der Waals surface area contributed by atoms with Crippen molar-refractivity contribution < 1.29 is 15.0 Å². The molecular formula is C15H14N2O3. The summed E-state index contributed by atoms with van der Waals surface area (Å²) < 4.78 is 0. The Morgan fingerprint density at radius 2 is 2.00 bits per heavy atom. The molecule has 2 rings (SSSR count). The van der Waals surface area contributed by atoms with E-state index in [1.807, 2.05) is 6.92 Å². The number of rotatable bonds is 4. The highest BCUT2D eigenvalue weighted by molar-refractivity contribution is 5.94. The first-order valence-corrected chi connectivity index (χ1v) is 5.99. The normalized spacial score (nSPS) is 10.7. The summed E-state index contributed by atoms with van der Waals surface area (Å²) in [5.74, 6) is -0.908. The number of hydrogen-bond donors (Lipinski definition) is 3. The van der Waals surface area contributed by atoms with Crippen molar-refractivity contribution in [1.29, 1.82) is 0 Å². The van der Waals surface area contributed by atoms with Crippen LogP contribution in [0.2, 0.25) is 0 Å². The zero-order chi connectivity index (χ0) is 14.5. The van der Waals surface area contributed by atoms with Crippen molar-refractivity contribution in [2.45, 2.75) is 6.92 Å². The molecule has 5 nitrogen and oxygen atoms in total. The largest absolute Gasteiger partial charge is 0.507 e. The molecule has 0 amide bonds. The predicted octanol–water partition coefficient (Wildman–Crippen LogP) is 2.84. The van der Waals surface area contributed by atoms with Gasteiger partial charge in [0.2, 0.25) is 0 Å². The topological polar surface area (TPSA) is 81.9 Å². The first kappa shape index (κ1) is 13.6. The molecule has 0 saturated heterocycles. The number of hydrazone groups is 1. The molecule has 0 bridgehead atoms. The smallest absolute Gasteiger partial charge is 0.337 e. The van der Waals surface area contributed by atoms with E-state index in [0.717, 1.165) is 5.56 Å². The molecule has 0 radical (unpaired) electrons. The van der Waals surface area contributed by atoms with Gasteiger partial charge in [-0.1, -0.05) is 23.8 Å². The van der Waals surface area contributed by atoms with Gasteiger partial charge in [-0.15, -0.1) is 0 Å². The Morgan fingerprint density at radius 1 is 1.25 bits per heavy atom. The number of carbonyl (C=O) groups is 1. The lowest BCUT2D eigenvalue weighted by atomic mass is 10.1. The number of nitrogens with zero attached hydrogens (tertiary/aromatic N) is 1. The van der Waals surface area contributed by atoms with Gasteiger partial charge in [0.1, 0.15) is 5.75 Å². The standard InChI is InChI=1S/C15H14N2O3/c1-10-6-7-14(18)11(8-10)9-16-17-13-5-3-2-4-12(13)15(19)20/h2-9,17-18H,1H3,(H,19,20). The molecule has 2 aromatic rings. The highest BCUT2D eigenvalue weighted by atomic mass is 16.4. The summed E-state index contributed by atoms with van der Waals surface area (Å²) in [5.41, 5.74) is 4.75. The number of nitrogens with one attached hydrogen (secondary N) is 1. The number of benzene rings is 2. The number of phenolic OH excluding ortho intramolecular Hbond substituents is 1. The maximum absolute atomic E-state index is 11.0. The van der Waals surface area contributed by atoms with Crippen molar-refractivity contribution in [3.63, 3.8) is 0 Å². The minimum absolute atomic E-state index is 0.118. The molecule has 0 heterocycles. The zero-order valence-electron chi connectivity index (χ0n) is 10.9. The number of aromatic carboxylic acids is 1. The predicted molar refractivity (Wildman–Crippen MR) is 77.5 cm³/mol. The summed E-state index contributed by atoms with van der Waals surface area (Å²) in [5, 5.41) is 22.7. The van der Waals surface area contributed by atoms with E-state index in [2.05, 4.69) is 10.5 Å². The Kier molecular flexibility index (Phi) is 4.00. The van der Waals surface area contributed by atoms with Crippen LogP contribution in [0.15, 0.2) is 47.6 Å². The quantitative estimate of drug-likeness (QED) is 0.589. The molecule has 0 unspecified atom stereocenters. The van der Waals surface area contributed by atoms with Gasteiger partial charge < -0.3 is 10.2 Å². The molecule has 0 fully saturated rings. The fourth-order valence-corrected chi connectivity index (χ4v) is 1.72. The minimum atomic E-state index is -1.03. The number of anilines is 1. The van der Waals surface area contributed by atoms with Crippen LogP contribution in [0.1, 0.15) is 21.5 Å². The van der Waals surface area contributed by atoms with Crippen molar-refractivity contribution in [3.05, 3.63) is 59.2 Å². The van der Waals surface area contributed by atoms with Crippen LogP contribution in [0.3, 0.4) is 0 Å². The van der Waals surface area contributed by atoms with Crippen molar-refractivity contribution in [2.75, 3.05) is 5.43 Å². The van der Waals surface area contributed by atoms with E-state index in [-0.39, 0.29) is 11.3 Å². The maximum Gasteiger partial charge on any atom is 0.337 e. The molecule has 3 N–H and O–H groups in total. The second-order valence-electron chi connectivity index (χ2n) is 4.28. The molecule has 2 aromatic carbocycles. The van der Waals surface area contributed by atoms with Crippen LogP contribution in [0.5, 0.6) is 5.75 Å². The molecule has 0 aromatic heterocycles. The molecule has 0 aliphatic carbocycles. The maximum atomic E-state index is 11.0. The van der Waals surface area contributed by atoms with Crippen molar-refractivity contribution in [1.82, 2.24) is 0 Å². The minimum Gasteiger partial charge on any atom is -0.507 e. The fourth-order valence-electron chi connectivity index (χ4n) is 1.72. The molecule has 0 saturated carbocycles. The highest BCUT2D eigenvalue weighted by Crippen LogP contribution is 2.17. The zero-order valence-corrected chi connectivity index (χ0v) is 10.9. The number of phenols is 1. The van der Waals surface area contributed by atoms with Crippen LogP contribution in [0, 0.1) is 6.92 Å². The number of aryl methyl sites for hydroxylation is 1. The Hall–Kier alpha value is -2.82. The molecule has 0 aliphatic rings. The molecule has 0 spiro atoms. The van der Waals surface area contributed by atoms with Gasteiger partial charge in [-0.3, -0.25) is 5.43 Å². The van der Waals surface area contributed by atoms with Gasteiger partial charge in [0.05, 0.1) is 17.5 Å². The molecule has 5 heteroatoms. The van der Waals surface area contributed by atoms with E-state index in [1.165, 1.54) is 12.3 Å². The lowest BCUT2D eigenvalue weighted by Crippen LogP contribution is -2.02. The van der Waals surface area contributed by atoms with Crippen LogP contribution in [-0.2, 0) is 0 Å². The van der Waals surface area contributed by atoms with Gasteiger partial charge in [-0.05, 0) is 31.2 Å². The third-order valence-corrected chi connectivity index (χ3v) is 2.73. The summed E-state index contributed by atoms with van der Waals surface area (Å²) in [7, 11) is 0. The molecular weight excluding hydrogens is 256 g/mol. The van der Waals surface area contributed by atoms with Gasteiger partial charge in [0.25, 0.3) is 0 Å². The Bertz CT molecular complexity index is 666. The van der Waals surface area contributed by atoms with Gasteiger partial charge in [0, 0.05) is 5.56 Å². The van der Waals surface area contributed by atoms with Crippen LogP contribution >= 0.6 is 0 Å². The Labute approximate surface area is 116 Å². The van der Waals surface area contributed by atoms with Crippen molar-refractivity contribution in [3.8, 4) is 5.75 Å².